The number of aliphatic hydroxyl groups is 1. The van der Waals surface area contributed by atoms with Crippen LogP contribution in [-0.4, -0.2) is 29.7 Å². The molecule has 0 aliphatic heterocycles. The Hall–Kier alpha value is -1.88. The van der Waals surface area contributed by atoms with Crippen molar-refractivity contribution in [2.75, 3.05) is 12.4 Å². The zero-order valence-corrected chi connectivity index (χ0v) is 9.98. The summed E-state index contributed by atoms with van der Waals surface area (Å²) in [4.78, 5) is 23.0. The van der Waals surface area contributed by atoms with Crippen LogP contribution in [0.2, 0.25) is 0 Å². The number of amides is 1. The second kappa shape index (κ2) is 4.97. The summed E-state index contributed by atoms with van der Waals surface area (Å²) >= 11 is 0. The molecule has 0 aliphatic carbocycles. The van der Waals surface area contributed by atoms with Crippen LogP contribution in [0.4, 0.5) is 5.69 Å². The molecule has 0 saturated heterocycles. The van der Waals surface area contributed by atoms with E-state index in [0.29, 0.717) is 5.69 Å². The first-order valence-electron chi connectivity index (χ1n) is 5.07. The van der Waals surface area contributed by atoms with Gasteiger partial charge < -0.3 is 15.2 Å². The van der Waals surface area contributed by atoms with Crippen LogP contribution in [0.25, 0.3) is 0 Å². The van der Waals surface area contributed by atoms with Gasteiger partial charge in [0.05, 0.1) is 18.4 Å². The summed E-state index contributed by atoms with van der Waals surface area (Å²) in [5.41, 5.74) is -0.956. The molecule has 0 aromatic heterocycles. The smallest absolute Gasteiger partial charge is 0.339 e. The summed E-state index contributed by atoms with van der Waals surface area (Å²) in [5, 5.41) is 12.0. The Morgan fingerprint density at radius 1 is 1.29 bits per heavy atom. The van der Waals surface area contributed by atoms with Crippen LogP contribution in [0.15, 0.2) is 24.3 Å². The summed E-state index contributed by atoms with van der Waals surface area (Å²) < 4.78 is 4.59. The van der Waals surface area contributed by atoms with E-state index in [2.05, 4.69) is 10.1 Å². The zero-order chi connectivity index (χ0) is 13.1. The highest BCUT2D eigenvalue weighted by Gasteiger charge is 2.25. The zero-order valence-electron chi connectivity index (χ0n) is 9.98. The molecule has 1 amide bonds. The minimum atomic E-state index is -1.51. The summed E-state index contributed by atoms with van der Waals surface area (Å²) in [7, 11) is 1.26. The number of carbonyl (C=O) groups excluding carboxylic acids is 2. The van der Waals surface area contributed by atoms with Gasteiger partial charge in [-0.3, -0.25) is 4.79 Å². The third kappa shape index (κ3) is 3.29. The van der Waals surface area contributed by atoms with E-state index in [1.165, 1.54) is 27.0 Å². The Kier molecular flexibility index (Phi) is 3.85. The summed E-state index contributed by atoms with van der Waals surface area (Å²) in [6.07, 6.45) is 0. The van der Waals surface area contributed by atoms with E-state index >= 15 is 0 Å². The van der Waals surface area contributed by atoms with Crippen molar-refractivity contribution in [3.05, 3.63) is 29.8 Å². The van der Waals surface area contributed by atoms with Gasteiger partial charge in [0.15, 0.2) is 0 Å². The first-order valence-corrected chi connectivity index (χ1v) is 5.07. The summed E-state index contributed by atoms with van der Waals surface area (Å²) in [6, 6.07) is 6.43. The lowest BCUT2D eigenvalue weighted by molar-refractivity contribution is -0.130. The second-order valence-electron chi connectivity index (χ2n) is 4.05. The lowest BCUT2D eigenvalue weighted by atomic mass is 10.1. The van der Waals surface area contributed by atoms with Crippen molar-refractivity contribution in [1.29, 1.82) is 0 Å². The van der Waals surface area contributed by atoms with Crippen molar-refractivity contribution in [3.8, 4) is 0 Å². The Bertz CT molecular complexity index is 434. The monoisotopic (exact) mass is 237 g/mol. The number of hydrogen-bond acceptors (Lipinski definition) is 4. The van der Waals surface area contributed by atoms with E-state index in [1.54, 1.807) is 18.2 Å². The minimum absolute atomic E-state index is 0.243. The third-order valence-corrected chi connectivity index (χ3v) is 2.14. The van der Waals surface area contributed by atoms with E-state index in [1.807, 2.05) is 0 Å². The number of rotatable bonds is 3. The first-order chi connectivity index (χ1) is 7.86. The lowest BCUT2D eigenvalue weighted by Gasteiger charge is -2.17. The first kappa shape index (κ1) is 13.2. The van der Waals surface area contributed by atoms with Crippen molar-refractivity contribution in [3.63, 3.8) is 0 Å². The largest absolute Gasteiger partial charge is 0.465 e. The molecule has 0 heterocycles. The highest BCUT2D eigenvalue weighted by atomic mass is 16.5. The molecule has 1 rings (SSSR count). The Morgan fingerprint density at radius 2 is 1.88 bits per heavy atom. The van der Waals surface area contributed by atoms with Gasteiger partial charge in [-0.05, 0) is 26.0 Å². The standard InChI is InChI=1S/C12H15NO4/c1-12(2,16)11(15)13-9-7-5-4-6-8(9)10(14)17-3/h4-7,16H,1-3H3,(H,13,15). The Balaban J connectivity index is 2.99. The molecule has 5 nitrogen and oxygen atoms in total. The fourth-order valence-electron chi connectivity index (χ4n) is 1.16. The summed E-state index contributed by atoms with van der Waals surface area (Å²) in [5.74, 6) is -1.13. The van der Waals surface area contributed by atoms with Gasteiger partial charge in [-0.1, -0.05) is 12.1 Å². The van der Waals surface area contributed by atoms with Crippen LogP contribution in [0.3, 0.4) is 0 Å². The maximum absolute atomic E-state index is 11.6. The normalized spacial score (nSPS) is 10.8. The number of hydrogen-bond donors (Lipinski definition) is 2. The molecule has 5 heteroatoms. The average Bonchev–Trinajstić information content (AvgIpc) is 2.27. The molecule has 17 heavy (non-hydrogen) atoms. The molecular weight excluding hydrogens is 222 g/mol. The molecular formula is C12H15NO4. The molecule has 2 N–H and O–H groups in total. The highest BCUT2D eigenvalue weighted by Crippen LogP contribution is 2.17. The van der Waals surface area contributed by atoms with Crippen LogP contribution in [0.1, 0.15) is 24.2 Å². The van der Waals surface area contributed by atoms with E-state index in [0.717, 1.165) is 0 Å². The predicted molar refractivity (Wildman–Crippen MR) is 62.7 cm³/mol. The number of benzene rings is 1. The van der Waals surface area contributed by atoms with E-state index in [-0.39, 0.29) is 5.56 Å². The predicted octanol–water partition coefficient (Wildman–Crippen LogP) is 1.18. The Labute approximate surface area is 99.4 Å². The van der Waals surface area contributed by atoms with Gasteiger partial charge in [0.2, 0.25) is 0 Å². The fraction of sp³-hybridized carbons (Fsp3) is 0.333. The molecule has 0 unspecified atom stereocenters. The molecule has 0 fully saturated rings. The maximum Gasteiger partial charge on any atom is 0.339 e. The van der Waals surface area contributed by atoms with Gasteiger partial charge >= 0.3 is 5.97 Å². The van der Waals surface area contributed by atoms with Gasteiger partial charge in [-0.25, -0.2) is 4.79 Å². The van der Waals surface area contributed by atoms with Crippen molar-refractivity contribution < 1.29 is 19.4 Å². The molecule has 1 aromatic rings. The van der Waals surface area contributed by atoms with E-state index < -0.39 is 17.5 Å². The molecule has 0 aliphatic rings. The van der Waals surface area contributed by atoms with Crippen LogP contribution < -0.4 is 5.32 Å². The van der Waals surface area contributed by atoms with Crippen LogP contribution in [-0.2, 0) is 9.53 Å². The maximum atomic E-state index is 11.6. The topological polar surface area (TPSA) is 75.6 Å². The second-order valence-corrected chi connectivity index (χ2v) is 4.05. The number of para-hydroxylation sites is 1. The lowest BCUT2D eigenvalue weighted by Crippen LogP contribution is -2.37. The van der Waals surface area contributed by atoms with Crippen LogP contribution in [0, 0.1) is 0 Å². The minimum Gasteiger partial charge on any atom is -0.465 e. The fourth-order valence-corrected chi connectivity index (χ4v) is 1.16. The number of nitrogens with one attached hydrogen (secondary N) is 1. The molecule has 92 valence electrons. The van der Waals surface area contributed by atoms with Crippen molar-refractivity contribution in [1.82, 2.24) is 0 Å². The van der Waals surface area contributed by atoms with Gasteiger partial charge in [0.25, 0.3) is 5.91 Å². The van der Waals surface area contributed by atoms with Gasteiger partial charge in [0, 0.05) is 0 Å². The molecule has 1 aromatic carbocycles. The van der Waals surface area contributed by atoms with Crippen molar-refractivity contribution in [2.24, 2.45) is 0 Å². The molecule has 0 spiro atoms. The number of methoxy groups -OCH3 is 1. The number of anilines is 1. The number of carbonyl (C=O) groups is 2. The highest BCUT2D eigenvalue weighted by molar-refractivity contribution is 6.03. The van der Waals surface area contributed by atoms with Gasteiger partial charge in [-0.2, -0.15) is 0 Å². The summed E-state index contributed by atoms with van der Waals surface area (Å²) in [6.45, 7) is 2.73. The van der Waals surface area contributed by atoms with E-state index in [4.69, 9.17) is 0 Å². The third-order valence-electron chi connectivity index (χ3n) is 2.14. The van der Waals surface area contributed by atoms with Crippen molar-refractivity contribution in [2.45, 2.75) is 19.4 Å². The van der Waals surface area contributed by atoms with Crippen molar-refractivity contribution >= 4 is 17.6 Å². The Morgan fingerprint density at radius 3 is 2.41 bits per heavy atom. The van der Waals surface area contributed by atoms with E-state index in [9.17, 15) is 14.7 Å². The molecule has 0 saturated carbocycles. The average molecular weight is 237 g/mol. The van der Waals surface area contributed by atoms with Gasteiger partial charge in [0.1, 0.15) is 5.60 Å². The SMILES string of the molecule is COC(=O)c1ccccc1NC(=O)C(C)(C)O. The molecule has 0 bridgehead atoms. The van der Waals surface area contributed by atoms with Crippen LogP contribution in [0.5, 0.6) is 0 Å². The molecule has 0 radical (unpaired) electrons. The van der Waals surface area contributed by atoms with Gasteiger partial charge in [-0.15, -0.1) is 0 Å². The number of esters is 1. The quantitative estimate of drug-likeness (QED) is 0.774. The van der Waals surface area contributed by atoms with Crippen LogP contribution >= 0.6 is 0 Å². The molecule has 0 atom stereocenters. The number of ether oxygens (including phenoxy) is 1.